The van der Waals surface area contributed by atoms with Crippen molar-refractivity contribution >= 4 is 46.7 Å². The second kappa shape index (κ2) is 9.31. The number of hydrogen-bond donors (Lipinski definition) is 1. The number of nitrogens with one attached hydrogen (secondary N) is 1. The van der Waals surface area contributed by atoms with Crippen LogP contribution in [0.5, 0.6) is 0 Å². The Bertz CT molecular complexity index is 812. The molecule has 1 amide bonds. The number of benzene rings is 1. The highest BCUT2D eigenvalue weighted by Crippen LogP contribution is 2.22. The summed E-state index contributed by atoms with van der Waals surface area (Å²) in [6, 6.07) is 10.1. The first-order valence-electron chi connectivity index (χ1n) is 7.76. The summed E-state index contributed by atoms with van der Waals surface area (Å²) in [5, 5.41) is 2.94. The molecule has 0 aliphatic carbocycles. The van der Waals surface area contributed by atoms with Crippen LogP contribution < -0.4 is 5.32 Å². The zero-order chi connectivity index (χ0) is 19.1. The summed E-state index contributed by atoms with van der Waals surface area (Å²) in [5.41, 5.74) is 0.523. The van der Waals surface area contributed by atoms with Crippen molar-refractivity contribution < 1.29 is 19.1 Å². The minimum Gasteiger partial charge on any atom is -0.453 e. The number of carbonyl (C=O) groups excluding carboxylic acids is 3. The summed E-state index contributed by atoms with van der Waals surface area (Å²) in [7, 11) is 0. The first-order chi connectivity index (χ1) is 12.4. The van der Waals surface area contributed by atoms with Crippen molar-refractivity contribution in [3.8, 4) is 0 Å². The Morgan fingerprint density at radius 2 is 1.85 bits per heavy atom. The number of nitrogens with zero attached hydrogens (tertiary/aromatic N) is 1. The van der Waals surface area contributed by atoms with Gasteiger partial charge in [-0.05, 0) is 13.0 Å². The van der Waals surface area contributed by atoms with E-state index in [4.69, 9.17) is 27.9 Å². The summed E-state index contributed by atoms with van der Waals surface area (Å²) in [6.07, 6.45) is 0.144. The van der Waals surface area contributed by atoms with E-state index in [2.05, 4.69) is 10.3 Å². The Morgan fingerprint density at radius 1 is 1.15 bits per heavy atom. The third-order valence-corrected chi connectivity index (χ3v) is 3.87. The highest BCUT2D eigenvalue weighted by Gasteiger charge is 2.20. The van der Waals surface area contributed by atoms with E-state index < -0.39 is 18.0 Å². The molecule has 1 atom stereocenters. The van der Waals surface area contributed by atoms with Gasteiger partial charge in [0.25, 0.3) is 5.91 Å². The molecular weight excluding hydrogens is 379 g/mol. The Labute approximate surface area is 160 Å². The average molecular weight is 395 g/mol. The Balaban J connectivity index is 1.82. The molecule has 0 spiro atoms. The smallest absolute Gasteiger partial charge is 0.307 e. The molecule has 2 aromatic rings. The van der Waals surface area contributed by atoms with E-state index in [1.807, 2.05) is 0 Å². The molecule has 0 aliphatic heterocycles. The van der Waals surface area contributed by atoms with Crippen LogP contribution in [0.1, 0.15) is 30.1 Å². The van der Waals surface area contributed by atoms with Crippen LogP contribution in [-0.2, 0) is 14.3 Å². The van der Waals surface area contributed by atoms with Crippen LogP contribution in [-0.4, -0.2) is 28.7 Å². The highest BCUT2D eigenvalue weighted by molar-refractivity contribution is 6.36. The molecule has 0 saturated carbocycles. The molecule has 6 nitrogen and oxygen atoms in total. The number of rotatable bonds is 7. The van der Waals surface area contributed by atoms with Gasteiger partial charge in [-0.2, -0.15) is 0 Å². The van der Waals surface area contributed by atoms with Crippen LogP contribution in [0.15, 0.2) is 42.6 Å². The SMILES string of the molecule is C[C@@H](OC(=O)CCC(=O)c1ccccc1)C(=O)Nc1ncc(Cl)cc1Cl. The summed E-state index contributed by atoms with van der Waals surface area (Å²) >= 11 is 11.7. The van der Waals surface area contributed by atoms with Gasteiger partial charge < -0.3 is 10.1 Å². The second-order valence-electron chi connectivity index (χ2n) is 5.39. The summed E-state index contributed by atoms with van der Waals surface area (Å²) in [5.74, 6) is -1.29. The summed E-state index contributed by atoms with van der Waals surface area (Å²) < 4.78 is 5.03. The third-order valence-electron chi connectivity index (χ3n) is 3.38. The van der Waals surface area contributed by atoms with Gasteiger partial charge in [-0.3, -0.25) is 14.4 Å². The molecule has 0 aliphatic rings. The fraction of sp³-hybridized carbons (Fsp3) is 0.222. The Morgan fingerprint density at radius 3 is 2.50 bits per heavy atom. The maximum absolute atomic E-state index is 12.1. The van der Waals surface area contributed by atoms with Crippen LogP contribution in [0, 0.1) is 0 Å². The molecule has 1 N–H and O–H groups in total. The predicted octanol–water partition coefficient (Wildman–Crippen LogP) is 3.92. The normalized spacial score (nSPS) is 11.5. The molecule has 26 heavy (non-hydrogen) atoms. The predicted molar refractivity (Wildman–Crippen MR) is 98.4 cm³/mol. The van der Waals surface area contributed by atoms with Crippen molar-refractivity contribution in [2.24, 2.45) is 0 Å². The van der Waals surface area contributed by atoms with E-state index in [-0.39, 0.29) is 29.5 Å². The van der Waals surface area contributed by atoms with Crippen molar-refractivity contribution in [3.63, 3.8) is 0 Å². The molecular formula is C18H16Cl2N2O4. The van der Waals surface area contributed by atoms with Crippen molar-refractivity contribution in [3.05, 3.63) is 58.2 Å². The van der Waals surface area contributed by atoms with Gasteiger partial charge >= 0.3 is 5.97 Å². The number of esters is 1. The lowest BCUT2D eigenvalue weighted by atomic mass is 10.1. The van der Waals surface area contributed by atoms with E-state index >= 15 is 0 Å². The molecule has 1 aromatic carbocycles. The summed E-state index contributed by atoms with van der Waals surface area (Å²) in [4.78, 5) is 39.7. The number of aromatic nitrogens is 1. The van der Waals surface area contributed by atoms with Gasteiger partial charge in [0, 0.05) is 18.2 Å². The minimum absolute atomic E-state index is 0.00174. The first kappa shape index (κ1) is 19.9. The highest BCUT2D eigenvalue weighted by atomic mass is 35.5. The lowest BCUT2D eigenvalue weighted by Crippen LogP contribution is -2.30. The minimum atomic E-state index is -1.07. The maximum Gasteiger partial charge on any atom is 0.307 e. The van der Waals surface area contributed by atoms with Crippen LogP contribution in [0.4, 0.5) is 5.82 Å². The molecule has 8 heteroatoms. The van der Waals surface area contributed by atoms with Gasteiger partial charge in [-0.1, -0.05) is 53.5 Å². The molecule has 0 unspecified atom stereocenters. The lowest BCUT2D eigenvalue weighted by Gasteiger charge is -2.13. The molecule has 1 heterocycles. The third kappa shape index (κ3) is 5.82. The number of pyridine rings is 1. The van der Waals surface area contributed by atoms with Crippen LogP contribution in [0.25, 0.3) is 0 Å². The first-order valence-corrected chi connectivity index (χ1v) is 8.52. The molecule has 0 fully saturated rings. The molecule has 1 aromatic heterocycles. The number of amides is 1. The van der Waals surface area contributed by atoms with Gasteiger partial charge in [0.05, 0.1) is 16.5 Å². The van der Waals surface area contributed by atoms with E-state index in [9.17, 15) is 14.4 Å². The fourth-order valence-corrected chi connectivity index (χ4v) is 2.45. The van der Waals surface area contributed by atoms with Gasteiger partial charge in [0.1, 0.15) is 0 Å². The Kier molecular flexibility index (Phi) is 7.12. The van der Waals surface area contributed by atoms with Gasteiger partial charge in [-0.25, -0.2) is 4.98 Å². The van der Waals surface area contributed by atoms with Gasteiger partial charge in [-0.15, -0.1) is 0 Å². The molecule has 136 valence electrons. The second-order valence-corrected chi connectivity index (χ2v) is 6.24. The lowest BCUT2D eigenvalue weighted by molar-refractivity contribution is -0.153. The number of carbonyl (C=O) groups is 3. The van der Waals surface area contributed by atoms with Crippen LogP contribution >= 0.6 is 23.2 Å². The number of Topliss-reactive ketones (excluding diaryl/α,β-unsaturated/α-hetero) is 1. The van der Waals surface area contributed by atoms with Crippen molar-refractivity contribution in [2.75, 3.05) is 5.32 Å². The summed E-state index contributed by atoms with van der Waals surface area (Å²) in [6.45, 7) is 1.41. The van der Waals surface area contributed by atoms with Crippen LogP contribution in [0.2, 0.25) is 10.0 Å². The zero-order valence-electron chi connectivity index (χ0n) is 13.9. The number of ketones is 1. The van der Waals surface area contributed by atoms with Gasteiger partial charge in [0.2, 0.25) is 0 Å². The number of anilines is 1. The van der Waals surface area contributed by atoms with E-state index in [0.717, 1.165) is 0 Å². The maximum atomic E-state index is 12.1. The monoisotopic (exact) mass is 394 g/mol. The van der Waals surface area contributed by atoms with E-state index in [1.165, 1.54) is 19.2 Å². The van der Waals surface area contributed by atoms with Gasteiger partial charge in [0.15, 0.2) is 17.7 Å². The fourth-order valence-electron chi connectivity index (χ4n) is 2.02. The molecule has 0 radical (unpaired) electrons. The van der Waals surface area contributed by atoms with Crippen LogP contribution in [0.3, 0.4) is 0 Å². The van der Waals surface area contributed by atoms with Crippen molar-refractivity contribution in [1.29, 1.82) is 0 Å². The van der Waals surface area contributed by atoms with E-state index in [0.29, 0.717) is 10.6 Å². The average Bonchev–Trinajstić information content (AvgIpc) is 2.62. The van der Waals surface area contributed by atoms with Crippen molar-refractivity contribution in [2.45, 2.75) is 25.9 Å². The molecule has 2 rings (SSSR count). The van der Waals surface area contributed by atoms with Crippen molar-refractivity contribution in [1.82, 2.24) is 4.98 Å². The number of hydrogen-bond acceptors (Lipinski definition) is 5. The number of ether oxygens (including phenoxy) is 1. The largest absolute Gasteiger partial charge is 0.453 e. The topological polar surface area (TPSA) is 85.4 Å². The molecule has 0 saturated heterocycles. The quantitative estimate of drug-likeness (QED) is 0.567. The van der Waals surface area contributed by atoms with E-state index in [1.54, 1.807) is 30.3 Å². The number of halogens is 2. The molecule has 0 bridgehead atoms. The Hall–Kier alpha value is -2.44. The standard InChI is InChI=1S/C18H16Cl2N2O4/c1-11(18(25)22-17-14(20)9-13(19)10-21-17)26-16(24)8-7-15(23)12-5-3-2-4-6-12/h2-6,9-11H,7-8H2,1H3,(H,21,22,25)/t11-/m1/s1. The zero-order valence-corrected chi connectivity index (χ0v) is 15.4.